The first-order valence-corrected chi connectivity index (χ1v) is 11.2. The first-order valence-electron chi connectivity index (χ1n) is 11.2. The van der Waals surface area contributed by atoms with Gasteiger partial charge in [-0.05, 0) is 53.9 Å². The molecule has 0 radical (unpaired) electrons. The number of carbonyl (C=O) groups is 2. The maximum absolute atomic E-state index is 13.3. The summed E-state index contributed by atoms with van der Waals surface area (Å²) in [6.45, 7) is 0.215. The number of benzene rings is 2. The molecule has 1 aliphatic rings. The highest BCUT2D eigenvalue weighted by Crippen LogP contribution is 2.42. The molecule has 0 saturated carbocycles. The second-order valence-corrected chi connectivity index (χ2v) is 8.02. The van der Waals surface area contributed by atoms with Crippen molar-refractivity contribution in [3.63, 3.8) is 0 Å². The van der Waals surface area contributed by atoms with E-state index in [1.54, 1.807) is 44.6 Å². The van der Waals surface area contributed by atoms with E-state index >= 15 is 0 Å². The van der Waals surface area contributed by atoms with Crippen molar-refractivity contribution in [1.82, 2.24) is 4.90 Å². The van der Waals surface area contributed by atoms with Crippen molar-refractivity contribution in [1.29, 1.82) is 0 Å². The van der Waals surface area contributed by atoms with Crippen molar-refractivity contribution in [3.8, 4) is 23.0 Å². The summed E-state index contributed by atoms with van der Waals surface area (Å²) in [7, 11) is 6.12. The summed E-state index contributed by atoms with van der Waals surface area (Å²) >= 11 is 0. The van der Waals surface area contributed by atoms with Gasteiger partial charge >= 0.3 is 0 Å². The summed E-state index contributed by atoms with van der Waals surface area (Å²) in [6, 6.07) is 12.8. The Kier molecular flexibility index (Phi) is 7.19. The van der Waals surface area contributed by atoms with E-state index in [0.717, 1.165) is 5.56 Å². The molecule has 2 aromatic carbocycles. The van der Waals surface area contributed by atoms with Crippen LogP contribution in [0.25, 0.3) is 0 Å². The summed E-state index contributed by atoms with van der Waals surface area (Å²) in [5, 5.41) is 10.8. The van der Waals surface area contributed by atoms with Crippen LogP contribution in [0.4, 0.5) is 0 Å². The molecule has 1 aliphatic heterocycles. The molecule has 0 saturated heterocycles. The first-order chi connectivity index (χ1) is 17.4. The Hall–Kier alpha value is -4.40. The van der Waals surface area contributed by atoms with Gasteiger partial charge in [0.1, 0.15) is 0 Å². The second-order valence-electron chi connectivity index (χ2n) is 8.02. The third kappa shape index (κ3) is 4.47. The molecular weight excluding hydrogens is 466 g/mol. The van der Waals surface area contributed by atoms with Gasteiger partial charge in [-0.3, -0.25) is 9.59 Å². The standard InChI is InChI=1S/C27H27NO8/c1-32-18-9-7-16(14-21(18)34-3)11-12-28-24(17-8-10-19(33-2)22(15-17)35-4)23(26(30)27(28)31)25(29)20-6-5-13-36-20/h5-10,13-15,24,30H,11-12H2,1-4H3/t24-/m1/s1. The fraction of sp³-hybridized carbons (Fsp3) is 0.259. The number of carbonyl (C=O) groups excluding carboxylic acids is 2. The highest BCUT2D eigenvalue weighted by molar-refractivity contribution is 6.15. The Bertz CT molecular complexity index is 1300. The quantitative estimate of drug-likeness (QED) is 0.420. The third-order valence-corrected chi connectivity index (χ3v) is 6.11. The van der Waals surface area contributed by atoms with Gasteiger partial charge in [0.05, 0.1) is 46.3 Å². The van der Waals surface area contributed by atoms with E-state index in [-0.39, 0.29) is 17.9 Å². The Morgan fingerprint density at radius 2 is 1.56 bits per heavy atom. The van der Waals surface area contributed by atoms with E-state index in [1.807, 2.05) is 12.1 Å². The molecule has 1 atom stereocenters. The predicted octanol–water partition coefficient (Wildman–Crippen LogP) is 4.14. The third-order valence-electron chi connectivity index (χ3n) is 6.11. The summed E-state index contributed by atoms with van der Waals surface area (Å²) in [5.74, 6) is 0.277. The van der Waals surface area contributed by atoms with E-state index in [0.29, 0.717) is 35.0 Å². The van der Waals surface area contributed by atoms with Crippen LogP contribution in [0.5, 0.6) is 23.0 Å². The van der Waals surface area contributed by atoms with Crippen molar-refractivity contribution in [2.24, 2.45) is 0 Å². The molecule has 0 aliphatic carbocycles. The molecule has 4 rings (SSSR count). The number of amides is 1. The highest BCUT2D eigenvalue weighted by Gasteiger charge is 2.44. The number of Topliss-reactive ketones (excluding diaryl/α,β-unsaturated/α-hetero) is 1. The molecule has 9 nitrogen and oxygen atoms in total. The van der Waals surface area contributed by atoms with Crippen LogP contribution in [0, 0.1) is 0 Å². The normalized spacial score (nSPS) is 15.3. The number of nitrogens with zero attached hydrogens (tertiary/aromatic N) is 1. The Labute approximate surface area is 208 Å². The fourth-order valence-corrected chi connectivity index (χ4v) is 4.31. The molecule has 188 valence electrons. The number of ketones is 1. The minimum Gasteiger partial charge on any atom is -0.503 e. The molecule has 3 aromatic rings. The molecule has 9 heteroatoms. The number of methoxy groups -OCH3 is 4. The van der Waals surface area contributed by atoms with Crippen LogP contribution in [0.2, 0.25) is 0 Å². The zero-order valence-corrected chi connectivity index (χ0v) is 20.4. The van der Waals surface area contributed by atoms with Crippen LogP contribution in [0.3, 0.4) is 0 Å². The van der Waals surface area contributed by atoms with Gasteiger partial charge < -0.3 is 33.4 Å². The minimum absolute atomic E-state index is 0.0246. The van der Waals surface area contributed by atoms with Crippen molar-refractivity contribution in [2.75, 3.05) is 35.0 Å². The molecule has 1 N–H and O–H groups in total. The first kappa shape index (κ1) is 24.7. The molecule has 2 heterocycles. The van der Waals surface area contributed by atoms with E-state index in [4.69, 9.17) is 23.4 Å². The lowest BCUT2D eigenvalue weighted by Crippen LogP contribution is -2.33. The van der Waals surface area contributed by atoms with Gasteiger partial charge in [-0.1, -0.05) is 12.1 Å². The number of hydrogen-bond acceptors (Lipinski definition) is 8. The topological polar surface area (TPSA) is 108 Å². The molecular formula is C27H27NO8. The van der Waals surface area contributed by atoms with E-state index in [9.17, 15) is 14.7 Å². The number of aliphatic hydroxyl groups is 1. The Morgan fingerprint density at radius 3 is 2.17 bits per heavy atom. The van der Waals surface area contributed by atoms with Crippen molar-refractivity contribution in [2.45, 2.75) is 12.5 Å². The fourth-order valence-electron chi connectivity index (χ4n) is 4.31. The lowest BCUT2D eigenvalue weighted by atomic mass is 9.94. The van der Waals surface area contributed by atoms with Crippen molar-refractivity contribution >= 4 is 11.7 Å². The average molecular weight is 494 g/mol. The predicted molar refractivity (Wildman–Crippen MR) is 130 cm³/mol. The van der Waals surface area contributed by atoms with Gasteiger partial charge in [0.2, 0.25) is 5.78 Å². The van der Waals surface area contributed by atoms with Crippen LogP contribution < -0.4 is 18.9 Å². The van der Waals surface area contributed by atoms with Gasteiger partial charge in [0.15, 0.2) is 34.5 Å². The minimum atomic E-state index is -0.866. The molecule has 1 amide bonds. The van der Waals surface area contributed by atoms with Crippen LogP contribution >= 0.6 is 0 Å². The van der Waals surface area contributed by atoms with Crippen LogP contribution in [-0.2, 0) is 11.2 Å². The van der Waals surface area contributed by atoms with E-state index < -0.39 is 23.5 Å². The smallest absolute Gasteiger partial charge is 0.290 e. The highest BCUT2D eigenvalue weighted by atomic mass is 16.5. The summed E-state index contributed by atoms with van der Waals surface area (Å²) < 4.78 is 26.7. The maximum atomic E-state index is 13.3. The van der Waals surface area contributed by atoms with Gasteiger partial charge in [-0.2, -0.15) is 0 Å². The number of rotatable bonds is 10. The second kappa shape index (κ2) is 10.5. The zero-order valence-electron chi connectivity index (χ0n) is 20.4. The number of hydrogen-bond donors (Lipinski definition) is 1. The largest absolute Gasteiger partial charge is 0.503 e. The molecule has 0 bridgehead atoms. The molecule has 1 aromatic heterocycles. The Morgan fingerprint density at radius 1 is 0.917 bits per heavy atom. The van der Waals surface area contributed by atoms with Crippen molar-refractivity contribution in [3.05, 3.63) is 83.0 Å². The lowest BCUT2D eigenvalue weighted by Gasteiger charge is -2.27. The van der Waals surface area contributed by atoms with Crippen molar-refractivity contribution < 1.29 is 38.1 Å². The monoisotopic (exact) mass is 493 g/mol. The number of ether oxygens (including phenoxy) is 4. The maximum Gasteiger partial charge on any atom is 0.290 e. The molecule has 0 spiro atoms. The SMILES string of the molecule is COc1ccc(CCN2C(=O)C(O)=C(C(=O)c3ccco3)[C@H]2c2ccc(OC)c(OC)c2)cc1OC. The average Bonchev–Trinajstić information content (AvgIpc) is 3.54. The number of furan rings is 1. The van der Waals surface area contributed by atoms with Gasteiger partial charge in [0, 0.05) is 6.54 Å². The van der Waals surface area contributed by atoms with Crippen LogP contribution in [-0.4, -0.2) is 56.7 Å². The van der Waals surface area contributed by atoms with E-state index in [1.165, 1.54) is 31.4 Å². The van der Waals surface area contributed by atoms with Crippen LogP contribution in [0.15, 0.2) is 70.5 Å². The molecule has 0 unspecified atom stereocenters. The molecule has 0 fully saturated rings. The van der Waals surface area contributed by atoms with Gasteiger partial charge in [-0.15, -0.1) is 0 Å². The van der Waals surface area contributed by atoms with Gasteiger partial charge in [0.25, 0.3) is 5.91 Å². The Balaban J connectivity index is 1.72. The number of aliphatic hydroxyl groups excluding tert-OH is 1. The van der Waals surface area contributed by atoms with Gasteiger partial charge in [-0.25, -0.2) is 0 Å². The zero-order chi connectivity index (χ0) is 25.8. The lowest BCUT2D eigenvalue weighted by molar-refractivity contribution is -0.129. The van der Waals surface area contributed by atoms with Crippen LogP contribution in [0.1, 0.15) is 27.7 Å². The summed E-state index contributed by atoms with van der Waals surface area (Å²) in [6.07, 6.45) is 1.80. The van der Waals surface area contributed by atoms with E-state index in [2.05, 4.69) is 0 Å². The molecule has 36 heavy (non-hydrogen) atoms. The summed E-state index contributed by atoms with van der Waals surface area (Å²) in [4.78, 5) is 28.0. The summed E-state index contributed by atoms with van der Waals surface area (Å²) in [5.41, 5.74) is 1.40.